The maximum atomic E-state index is 11.1. The lowest BCUT2D eigenvalue weighted by Gasteiger charge is -2.12. The van der Waals surface area contributed by atoms with Crippen LogP contribution in [0.15, 0.2) is 24.3 Å². The minimum Gasteiger partial charge on any atom is -0.466 e. The Bertz CT molecular complexity index is 256. The van der Waals surface area contributed by atoms with E-state index in [1.165, 1.54) is 0 Å². The van der Waals surface area contributed by atoms with E-state index in [2.05, 4.69) is 0 Å². The molecule has 0 aromatic heterocycles. The Balaban J connectivity index is 2.29. The molecular formula is C12H18O3. The molecule has 15 heavy (non-hydrogen) atoms. The van der Waals surface area contributed by atoms with Crippen molar-refractivity contribution in [2.24, 2.45) is 5.92 Å². The molecule has 0 radical (unpaired) electrons. The van der Waals surface area contributed by atoms with E-state index in [1.807, 2.05) is 18.2 Å². The molecule has 0 aliphatic heterocycles. The summed E-state index contributed by atoms with van der Waals surface area (Å²) in [5.74, 6) is 0.108. The smallest absolute Gasteiger partial charge is 0.305 e. The first-order valence-corrected chi connectivity index (χ1v) is 5.41. The van der Waals surface area contributed by atoms with E-state index in [-0.39, 0.29) is 11.9 Å². The van der Waals surface area contributed by atoms with Gasteiger partial charge in [0.05, 0.1) is 12.7 Å². The highest BCUT2D eigenvalue weighted by atomic mass is 16.5. The van der Waals surface area contributed by atoms with Gasteiger partial charge in [-0.1, -0.05) is 24.3 Å². The summed E-state index contributed by atoms with van der Waals surface area (Å²) in [6.45, 7) is 2.24. The largest absolute Gasteiger partial charge is 0.466 e. The van der Waals surface area contributed by atoms with Crippen molar-refractivity contribution in [3.05, 3.63) is 24.3 Å². The van der Waals surface area contributed by atoms with Gasteiger partial charge in [0.15, 0.2) is 0 Å². The van der Waals surface area contributed by atoms with E-state index in [0.29, 0.717) is 19.4 Å². The van der Waals surface area contributed by atoms with Gasteiger partial charge < -0.3 is 9.84 Å². The van der Waals surface area contributed by atoms with Gasteiger partial charge in [-0.3, -0.25) is 4.79 Å². The second-order valence-corrected chi connectivity index (χ2v) is 3.68. The normalized spacial score (nSPS) is 24.9. The predicted molar refractivity (Wildman–Crippen MR) is 58.3 cm³/mol. The minimum atomic E-state index is -0.396. The summed E-state index contributed by atoms with van der Waals surface area (Å²) in [6, 6.07) is 0. The molecule has 3 nitrogen and oxygen atoms in total. The average Bonchev–Trinajstić information content (AvgIpc) is 2.40. The van der Waals surface area contributed by atoms with E-state index in [1.54, 1.807) is 13.0 Å². The van der Waals surface area contributed by atoms with Gasteiger partial charge in [0.25, 0.3) is 0 Å². The first-order valence-electron chi connectivity index (χ1n) is 5.41. The predicted octanol–water partition coefficient (Wildman–Crippen LogP) is 1.82. The molecule has 1 aliphatic rings. The van der Waals surface area contributed by atoms with Crippen molar-refractivity contribution in [3.63, 3.8) is 0 Å². The van der Waals surface area contributed by atoms with Crippen LogP contribution in [0, 0.1) is 5.92 Å². The van der Waals surface area contributed by atoms with E-state index in [9.17, 15) is 9.90 Å². The Hall–Kier alpha value is -1.09. The zero-order chi connectivity index (χ0) is 11.1. The number of ether oxygens (including phenoxy) is 1. The second-order valence-electron chi connectivity index (χ2n) is 3.68. The highest BCUT2D eigenvalue weighted by Crippen LogP contribution is 2.18. The molecule has 0 bridgehead atoms. The lowest BCUT2D eigenvalue weighted by atomic mass is 9.97. The first-order chi connectivity index (χ1) is 7.22. The Labute approximate surface area is 90.4 Å². The van der Waals surface area contributed by atoms with Crippen LogP contribution in [0.3, 0.4) is 0 Å². The van der Waals surface area contributed by atoms with Gasteiger partial charge >= 0.3 is 5.97 Å². The third kappa shape index (κ3) is 4.79. The standard InChI is InChI=1S/C12H18O3/c1-2-15-12(14)8-7-10-5-3-4-6-11(13)9-10/h3-6,10-11,13H,2,7-9H2,1H3/t10-,11+/m1/s1. The number of aliphatic hydroxyl groups excluding tert-OH is 1. The lowest BCUT2D eigenvalue weighted by molar-refractivity contribution is -0.143. The van der Waals surface area contributed by atoms with Crippen molar-refractivity contribution in [1.82, 2.24) is 0 Å². The number of hydrogen-bond donors (Lipinski definition) is 1. The Morgan fingerprint density at radius 1 is 1.47 bits per heavy atom. The van der Waals surface area contributed by atoms with Gasteiger partial charge in [0.2, 0.25) is 0 Å². The fraction of sp³-hybridized carbons (Fsp3) is 0.583. The zero-order valence-corrected chi connectivity index (χ0v) is 9.06. The third-order valence-electron chi connectivity index (χ3n) is 2.40. The van der Waals surface area contributed by atoms with Crippen molar-refractivity contribution < 1.29 is 14.6 Å². The maximum Gasteiger partial charge on any atom is 0.305 e. The fourth-order valence-corrected chi connectivity index (χ4v) is 1.63. The molecule has 0 aromatic rings. The molecule has 0 spiro atoms. The van der Waals surface area contributed by atoms with Gasteiger partial charge in [-0.25, -0.2) is 0 Å². The molecule has 1 aliphatic carbocycles. The SMILES string of the molecule is CCOC(=O)CC[C@H]1C=CC=C[C@H](O)C1. The third-order valence-corrected chi connectivity index (χ3v) is 2.40. The van der Waals surface area contributed by atoms with Crippen molar-refractivity contribution in [1.29, 1.82) is 0 Å². The first kappa shape index (κ1) is 12.0. The summed E-state index contributed by atoms with van der Waals surface area (Å²) >= 11 is 0. The molecule has 0 saturated heterocycles. The van der Waals surface area contributed by atoms with Crippen LogP contribution in [0.25, 0.3) is 0 Å². The maximum absolute atomic E-state index is 11.1. The van der Waals surface area contributed by atoms with E-state index in [4.69, 9.17) is 4.74 Å². The number of hydrogen-bond acceptors (Lipinski definition) is 3. The molecule has 0 heterocycles. The summed E-state index contributed by atoms with van der Waals surface area (Å²) in [4.78, 5) is 11.1. The molecule has 3 heteroatoms. The summed E-state index contributed by atoms with van der Waals surface area (Å²) in [6.07, 6.45) is 9.02. The number of carbonyl (C=O) groups is 1. The molecule has 0 fully saturated rings. The topological polar surface area (TPSA) is 46.5 Å². The quantitative estimate of drug-likeness (QED) is 0.720. The van der Waals surface area contributed by atoms with Crippen molar-refractivity contribution in [2.45, 2.75) is 32.3 Å². The average molecular weight is 210 g/mol. The number of carbonyl (C=O) groups excluding carboxylic acids is 1. The minimum absolute atomic E-state index is 0.155. The number of aliphatic hydroxyl groups is 1. The molecule has 0 amide bonds. The summed E-state index contributed by atoms with van der Waals surface area (Å²) in [5, 5.41) is 9.49. The molecule has 2 atom stereocenters. The van der Waals surface area contributed by atoms with Crippen LogP contribution in [-0.4, -0.2) is 23.8 Å². The van der Waals surface area contributed by atoms with E-state index >= 15 is 0 Å². The van der Waals surface area contributed by atoms with Gasteiger partial charge in [-0.05, 0) is 25.7 Å². The van der Waals surface area contributed by atoms with Gasteiger partial charge in [0, 0.05) is 6.42 Å². The van der Waals surface area contributed by atoms with E-state index in [0.717, 1.165) is 6.42 Å². The van der Waals surface area contributed by atoms with Crippen LogP contribution < -0.4 is 0 Å². The van der Waals surface area contributed by atoms with Crippen molar-refractivity contribution in [3.8, 4) is 0 Å². The van der Waals surface area contributed by atoms with Crippen LogP contribution in [0.5, 0.6) is 0 Å². The summed E-state index contributed by atoms with van der Waals surface area (Å²) in [5.41, 5.74) is 0. The van der Waals surface area contributed by atoms with Gasteiger partial charge in [0.1, 0.15) is 0 Å². The monoisotopic (exact) mass is 210 g/mol. The summed E-state index contributed by atoms with van der Waals surface area (Å²) in [7, 11) is 0. The zero-order valence-electron chi connectivity index (χ0n) is 9.06. The Morgan fingerprint density at radius 2 is 2.20 bits per heavy atom. The highest BCUT2D eigenvalue weighted by Gasteiger charge is 2.13. The van der Waals surface area contributed by atoms with E-state index < -0.39 is 6.10 Å². The van der Waals surface area contributed by atoms with Crippen LogP contribution in [0.4, 0.5) is 0 Å². The second kappa shape index (κ2) is 6.40. The Kier molecular flexibility index (Phi) is 5.12. The van der Waals surface area contributed by atoms with Crippen LogP contribution in [0.2, 0.25) is 0 Å². The molecule has 0 unspecified atom stereocenters. The van der Waals surface area contributed by atoms with Gasteiger partial charge in [-0.2, -0.15) is 0 Å². The summed E-state index contributed by atoms with van der Waals surface area (Å²) < 4.78 is 4.85. The highest BCUT2D eigenvalue weighted by molar-refractivity contribution is 5.69. The van der Waals surface area contributed by atoms with Crippen LogP contribution >= 0.6 is 0 Å². The van der Waals surface area contributed by atoms with Gasteiger partial charge in [-0.15, -0.1) is 0 Å². The van der Waals surface area contributed by atoms with Crippen molar-refractivity contribution in [2.75, 3.05) is 6.61 Å². The molecular weight excluding hydrogens is 192 g/mol. The molecule has 1 rings (SSSR count). The number of allylic oxidation sites excluding steroid dienone is 3. The van der Waals surface area contributed by atoms with Crippen molar-refractivity contribution >= 4 is 5.97 Å². The Morgan fingerprint density at radius 3 is 2.93 bits per heavy atom. The van der Waals surface area contributed by atoms with Crippen LogP contribution in [-0.2, 0) is 9.53 Å². The molecule has 0 aromatic carbocycles. The lowest BCUT2D eigenvalue weighted by Crippen LogP contribution is -2.11. The van der Waals surface area contributed by atoms with Crippen LogP contribution in [0.1, 0.15) is 26.2 Å². The fourth-order valence-electron chi connectivity index (χ4n) is 1.63. The molecule has 84 valence electrons. The molecule has 1 N–H and O–H groups in total. The number of rotatable bonds is 4. The number of esters is 1. The molecule has 0 saturated carbocycles.